The molecular weight excluding hydrogens is 406 g/mol. The van der Waals surface area contributed by atoms with Gasteiger partial charge in [-0.3, -0.25) is 4.79 Å². The minimum Gasteiger partial charge on any atom is -0.378 e. The van der Waals surface area contributed by atoms with Crippen LogP contribution in [0.25, 0.3) is 0 Å². The van der Waals surface area contributed by atoms with E-state index in [0.29, 0.717) is 36.1 Å². The monoisotopic (exact) mass is 445 g/mol. The molecule has 4 aliphatic carbocycles. The molecule has 4 aliphatic rings. The Morgan fingerprint density at radius 2 is 1.91 bits per heavy atom. The third-order valence-electron chi connectivity index (χ3n) is 9.10. The molecule has 3 nitrogen and oxygen atoms in total. The number of carbonyl (C=O) groups excluding carboxylic acids is 1. The fourth-order valence-electron chi connectivity index (χ4n) is 7.48. The van der Waals surface area contributed by atoms with Crippen molar-refractivity contribution in [3.8, 4) is 0 Å². The molecule has 5 atom stereocenters. The van der Waals surface area contributed by atoms with Crippen LogP contribution in [-0.2, 0) is 9.53 Å². The maximum Gasteiger partial charge on any atom is 0.156 e. The molecule has 176 valence electrons. The number of ketones is 1. The van der Waals surface area contributed by atoms with Crippen LogP contribution in [0.3, 0.4) is 0 Å². The summed E-state index contributed by atoms with van der Waals surface area (Å²) in [5.74, 6) is 2.04. The van der Waals surface area contributed by atoms with E-state index in [1.807, 2.05) is 12.2 Å². The van der Waals surface area contributed by atoms with Gasteiger partial charge in [0.25, 0.3) is 0 Å². The second kappa shape index (κ2) is 8.91. The third-order valence-corrected chi connectivity index (χ3v) is 9.10. The number of anilines is 1. The van der Waals surface area contributed by atoms with E-state index in [0.717, 1.165) is 32.3 Å². The van der Waals surface area contributed by atoms with Crippen LogP contribution in [-0.4, -0.2) is 32.6 Å². The number of allylic oxidation sites excluding steroid dienone is 4. The summed E-state index contributed by atoms with van der Waals surface area (Å²) in [4.78, 5) is 14.4. The van der Waals surface area contributed by atoms with Gasteiger partial charge >= 0.3 is 0 Å². The molecule has 0 unspecified atom stereocenters. The van der Waals surface area contributed by atoms with Crippen LogP contribution in [0.15, 0.2) is 59.7 Å². The van der Waals surface area contributed by atoms with Gasteiger partial charge in [0.05, 0.1) is 12.7 Å². The van der Waals surface area contributed by atoms with Gasteiger partial charge in [-0.2, -0.15) is 0 Å². The predicted octanol–water partition coefficient (Wildman–Crippen LogP) is 6.61. The summed E-state index contributed by atoms with van der Waals surface area (Å²) in [6.45, 7) is 7.17. The smallest absolute Gasteiger partial charge is 0.156 e. The lowest BCUT2D eigenvalue weighted by Gasteiger charge is -2.52. The van der Waals surface area contributed by atoms with Crippen molar-refractivity contribution in [2.75, 3.05) is 25.6 Å². The van der Waals surface area contributed by atoms with Crippen molar-refractivity contribution in [3.05, 3.63) is 65.3 Å². The molecule has 1 aromatic rings. The lowest BCUT2D eigenvalue weighted by atomic mass is 9.53. The van der Waals surface area contributed by atoms with Gasteiger partial charge in [0.2, 0.25) is 0 Å². The van der Waals surface area contributed by atoms with Crippen molar-refractivity contribution >= 4 is 11.5 Å². The number of nitrogens with zero attached hydrogens (tertiary/aromatic N) is 1. The molecule has 0 saturated heterocycles. The quantitative estimate of drug-likeness (QED) is 0.364. The van der Waals surface area contributed by atoms with Crippen molar-refractivity contribution < 1.29 is 9.53 Å². The van der Waals surface area contributed by atoms with E-state index >= 15 is 0 Å². The summed E-state index contributed by atoms with van der Waals surface area (Å²) in [6.07, 6.45) is 12.6. The Morgan fingerprint density at radius 3 is 2.64 bits per heavy atom. The topological polar surface area (TPSA) is 29.5 Å². The number of ether oxygens (including phenoxy) is 1. The second-order valence-electron chi connectivity index (χ2n) is 11.1. The van der Waals surface area contributed by atoms with Gasteiger partial charge in [0.1, 0.15) is 0 Å². The Morgan fingerprint density at radius 1 is 1.12 bits per heavy atom. The Hall–Kier alpha value is -2.13. The minimum absolute atomic E-state index is 0.201. The number of rotatable bonds is 6. The molecule has 0 N–H and O–H groups in total. The fraction of sp³-hybridized carbons (Fsp3) is 0.567. The molecule has 0 bridgehead atoms. The lowest BCUT2D eigenvalue weighted by Crippen LogP contribution is -2.45. The normalized spacial score (nSPS) is 33.2. The van der Waals surface area contributed by atoms with Crippen LogP contribution < -0.4 is 4.90 Å². The van der Waals surface area contributed by atoms with Crippen LogP contribution in [0.2, 0.25) is 0 Å². The van der Waals surface area contributed by atoms with Crippen molar-refractivity contribution in [2.45, 2.75) is 70.3 Å². The highest BCUT2D eigenvalue weighted by Crippen LogP contribution is 2.64. The predicted molar refractivity (Wildman–Crippen MR) is 136 cm³/mol. The SMILES string of the molecule is C=CCCO[C@H]1CC[C@H]2[C@@H]3CCC4=CC(=O)CCC4=C3[C@@H](c3ccc(N(C)C)cc3)C[C@]12C. The van der Waals surface area contributed by atoms with E-state index in [2.05, 4.69) is 56.8 Å². The van der Waals surface area contributed by atoms with Gasteiger partial charge < -0.3 is 9.64 Å². The van der Waals surface area contributed by atoms with Crippen molar-refractivity contribution in [2.24, 2.45) is 17.3 Å². The van der Waals surface area contributed by atoms with Gasteiger partial charge in [0.15, 0.2) is 5.78 Å². The molecule has 1 aromatic carbocycles. The molecular formula is C30H39NO2. The van der Waals surface area contributed by atoms with Crippen LogP contribution >= 0.6 is 0 Å². The number of carbonyl (C=O) groups is 1. The number of fused-ring (bicyclic) bond motifs is 4. The van der Waals surface area contributed by atoms with Crippen LogP contribution in [0.5, 0.6) is 0 Å². The zero-order chi connectivity index (χ0) is 23.2. The first-order valence-electron chi connectivity index (χ1n) is 12.9. The van der Waals surface area contributed by atoms with Crippen molar-refractivity contribution in [3.63, 3.8) is 0 Å². The first kappa shape index (κ1) is 22.7. The fourth-order valence-corrected chi connectivity index (χ4v) is 7.48. The van der Waals surface area contributed by atoms with Crippen LogP contribution in [0, 0.1) is 17.3 Å². The van der Waals surface area contributed by atoms with Crippen LogP contribution in [0.1, 0.15) is 69.8 Å². The first-order chi connectivity index (χ1) is 15.9. The Balaban J connectivity index is 1.57. The molecule has 0 aliphatic heterocycles. The molecule has 0 amide bonds. The second-order valence-corrected chi connectivity index (χ2v) is 11.1. The molecule has 0 radical (unpaired) electrons. The van der Waals surface area contributed by atoms with Gasteiger partial charge in [-0.1, -0.05) is 30.7 Å². The molecule has 2 saturated carbocycles. The number of hydrogen-bond donors (Lipinski definition) is 0. The highest BCUT2D eigenvalue weighted by atomic mass is 16.5. The van der Waals surface area contributed by atoms with E-state index in [9.17, 15) is 4.79 Å². The molecule has 2 fully saturated rings. The summed E-state index contributed by atoms with van der Waals surface area (Å²) in [5, 5.41) is 0. The molecule has 33 heavy (non-hydrogen) atoms. The van der Waals surface area contributed by atoms with E-state index in [4.69, 9.17) is 4.74 Å². The number of benzene rings is 1. The third kappa shape index (κ3) is 3.93. The summed E-state index contributed by atoms with van der Waals surface area (Å²) in [5.41, 5.74) is 7.42. The Bertz CT molecular complexity index is 985. The van der Waals surface area contributed by atoms with Crippen molar-refractivity contribution in [1.82, 2.24) is 0 Å². The van der Waals surface area contributed by atoms with E-state index in [1.165, 1.54) is 41.7 Å². The summed E-state index contributed by atoms with van der Waals surface area (Å²) >= 11 is 0. The first-order valence-corrected chi connectivity index (χ1v) is 12.9. The van der Waals surface area contributed by atoms with Gasteiger partial charge in [-0.25, -0.2) is 0 Å². The summed E-state index contributed by atoms with van der Waals surface area (Å²) in [7, 11) is 4.20. The Kier molecular flexibility index (Phi) is 6.11. The van der Waals surface area contributed by atoms with Crippen LogP contribution in [0.4, 0.5) is 5.69 Å². The average molecular weight is 446 g/mol. The van der Waals surface area contributed by atoms with Gasteiger partial charge in [-0.15, -0.1) is 6.58 Å². The zero-order valence-electron chi connectivity index (χ0n) is 20.6. The molecule has 0 heterocycles. The molecule has 0 aromatic heterocycles. The van der Waals surface area contributed by atoms with E-state index in [1.54, 1.807) is 5.57 Å². The van der Waals surface area contributed by atoms with Gasteiger partial charge in [0, 0.05) is 32.1 Å². The average Bonchev–Trinajstić information content (AvgIpc) is 3.14. The van der Waals surface area contributed by atoms with E-state index < -0.39 is 0 Å². The minimum atomic E-state index is 0.201. The summed E-state index contributed by atoms with van der Waals surface area (Å²) in [6, 6.07) is 9.23. The lowest BCUT2D eigenvalue weighted by molar-refractivity contribution is -0.114. The molecule has 3 heteroatoms. The highest BCUT2D eigenvalue weighted by Gasteiger charge is 2.57. The maximum atomic E-state index is 12.2. The standard InChI is InChI=1S/C30H39NO2/c1-5-6-17-33-28-16-15-27-25-13-9-21-18-23(32)12-14-24(21)29(25)26(19-30(27,28)2)20-7-10-22(11-8-20)31(3)4/h5,7-8,10-11,18,25-28H,1,6,9,12-17,19H2,2-4H3/t25-,26+,27-,28-,30-/m0/s1. The summed E-state index contributed by atoms with van der Waals surface area (Å²) < 4.78 is 6.50. The molecule has 5 rings (SSSR count). The Labute approximate surface area is 199 Å². The zero-order valence-corrected chi connectivity index (χ0v) is 20.6. The van der Waals surface area contributed by atoms with Gasteiger partial charge in [-0.05, 0) is 97.1 Å². The van der Waals surface area contributed by atoms with Crippen molar-refractivity contribution in [1.29, 1.82) is 0 Å². The van der Waals surface area contributed by atoms with E-state index in [-0.39, 0.29) is 5.41 Å². The number of hydrogen-bond acceptors (Lipinski definition) is 3. The maximum absolute atomic E-state index is 12.2. The highest BCUT2D eigenvalue weighted by molar-refractivity contribution is 5.93. The molecule has 0 spiro atoms. The largest absolute Gasteiger partial charge is 0.378 e.